The van der Waals surface area contributed by atoms with Crippen molar-refractivity contribution in [2.45, 2.75) is 9.96 Å². The Morgan fingerprint density at radius 1 is 1.07 bits per heavy atom. The Balaban J connectivity index is 2.08. The van der Waals surface area contributed by atoms with Crippen molar-refractivity contribution < 1.29 is 9.53 Å². The zero-order valence-electron chi connectivity index (χ0n) is 14.2. The largest absolute Gasteiger partial charge is 0.497 e. The number of thiocarbonyl (C=S) groups is 1. The van der Waals surface area contributed by atoms with E-state index in [2.05, 4.69) is 16.0 Å². The minimum Gasteiger partial charge on any atom is -0.497 e. The second-order valence-corrected chi connectivity index (χ2v) is 9.02. The molecule has 0 fully saturated rings. The predicted molar refractivity (Wildman–Crippen MR) is 120 cm³/mol. The van der Waals surface area contributed by atoms with Crippen LogP contribution in [-0.4, -0.2) is 28.1 Å². The number of hydrogen-bond acceptors (Lipinski definition) is 3. The minimum atomic E-state index is -1.90. The molecule has 0 aromatic heterocycles. The van der Waals surface area contributed by atoms with E-state index >= 15 is 0 Å². The molecule has 0 radical (unpaired) electrons. The third-order valence-electron chi connectivity index (χ3n) is 3.40. The Kier molecular flexibility index (Phi) is 8.30. The fourth-order valence-corrected chi connectivity index (χ4v) is 3.11. The van der Waals surface area contributed by atoms with Crippen molar-refractivity contribution in [2.75, 3.05) is 12.4 Å². The van der Waals surface area contributed by atoms with Crippen LogP contribution in [0.2, 0.25) is 10.0 Å². The fraction of sp³-hybridized carbons (Fsp3) is 0.176. The number of rotatable bonds is 5. The molecule has 3 N–H and O–H groups in total. The van der Waals surface area contributed by atoms with Crippen molar-refractivity contribution in [1.29, 1.82) is 0 Å². The monoisotopic (exact) mass is 499 g/mol. The van der Waals surface area contributed by atoms with Gasteiger partial charge in [-0.05, 0) is 54.7 Å². The van der Waals surface area contributed by atoms with Gasteiger partial charge >= 0.3 is 0 Å². The molecule has 0 aliphatic rings. The first-order valence-electron chi connectivity index (χ1n) is 7.64. The second kappa shape index (κ2) is 10.1. The van der Waals surface area contributed by atoms with Crippen LogP contribution in [0.3, 0.4) is 0 Å². The van der Waals surface area contributed by atoms with Gasteiger partial charge in [0.15, 0.2) is 5.11 Å². The van der Waals surface area contributed by atoms with Gasteiger partial charge in [-0.2, -0.15) is 0 Å². The van der Waals surface area contributed by atoms with Gasteiger partial charge in [0.1, 0.15) is 11.9 Å². The van der Waals surface area contributed by atoms with Crippen molar-refractivity contribution >= 4 is 86.9 Å². The van der Waals surface area contributed by atoms with E-state index in [0.29, 0.717) is 16.5 Å². The van der Waals surface area contributed by atoms with E-state index in [1.807, 2.05) is 0 Å². The van der Waals surface area contributed by atoms with E-state index in [4.69, 9.17) is 75.0 Å². The molecule has 1 atom stereocenters. The van der Waals surface area contributed by atoms with Crippen molar-refractivity contribution in [3.63, 3.8) is 0 Å². The third kappa shape index (κ3) is 6.72. The van der Waals surface area contributed by atoms with E-state index in [0.717, 1.165) is 0 Å². The van der Waals surface area contributed by atoms with Gasteiger partial charge in [-0.15, -0.1) is 0 Å². The summed E-state index contributed by atoms with van der Waals surface area (Å²) >= 11 is 35.1. The molecule has 2 aromatic carbocycles. The van der Waals surface area contributed by atoms with E-state index in [1.165, 1.54) is 18.2 Å². The molecule has 0 aliphatic heterocycles. The van der Waals surface area contributed by atoms with Crippen LogP contribution in [0.4, 0.5) is 5.69 Å². The lowest BCUT2D eigenvalue weighted by molar-refractivity contribution is 0.0934. The van der Waals surface area contributed by atoms with E-state index in [9.17, 15) is 4.79 Å². The van der Waals surface area contributed by atoms with Crippen molar-refractivity contribution in [1.82, 2.24) is 10.6 Å². The summed E-state index contributed by atoms with van der Waals surface area (Å²) in [4.78, 5) is 12.5. The van der Waals surface area contributed by atoms with Gasteiger partial charge in [0.05, 0.1) is 17.7 Å². The average Bonchev–Trinajstić information content (AvgIpc) is 2.60. The smallest absolute Gasteiger partial charge is 0.254 e. The van der Waals surface area contributed by atoms with Crippen LogP contribution >= 0.6 is 70.2 Å². The van der Waals surface area contributed by atoms with Gasteiger partial charge in [-0.3, -0.25) is 4.79 Å². The number of anilines is 1. The molecule has 1 amide bonds. The summed E-state index contributed by atoms with van der Waals surface area (Å²) in [7, 11) is 1.57. The standard InChI is InChI=1S/C17H14Cl5N3O2S/c1-27-11-5-3-10(4-6-11)23-16(28)25-15(17(20,21)22)24-14(26)12-7-2-9(18)8-13(12)19/h2-8,15H,1H3,(H,24,26)(H2,23,25,28)/t15-/m0/s1. The lowest BCUT2D eigenvalue weighted by Gasteiger charge is -2.28. The van der Waals surface area contributed by atoms with E-state index in [-0.39, 0.29) is 15.7 Å². The zero-order chi connectivity index (χ0) is 20.9. The fourth-order valence-electron chi connectivity index (χ4n) is 2.05. The van der Waals surface area contributed by atoms with Crippen LogP contribution in [-0.2, 0) is 0 Å². The maximum absolute atomic E-state index is 12.5. The van der Waals surface area contributed by atoms with Crippen molar-refractivity contribution in [2.24, 2.45) is 0 Å². The maximum atomic E-state index is 12.5. The SMILES string of the molecule is COc1ccc(NC(=S)N[C@H](NC(=O)c2ccc(Cl)cc2Cl)C(Cl)(Cl)Cl)cc1. The lowest BCUT2D eigenvalue weighted by atomic mass is 10.2. The van der Waals surface area contributed by atoms with Gasteiger partial charge in [0.25, 0.3) is 5.91 Å². The predicted octanol–water partition coefficient (Wildman–Crippen LogP) is 5.41. The highest BCUT2D eigenvalue weighted by atomic mass is 35.6. The second-order valence-electron chi connectivity index (χ2n) is 5.40. The summed E-state index contributed by atoms with van der Waals surface area (Å²) in [5.41, 5.74) is 0.842. The van der Waals surface area contributed by atoms with Crippen LogP contribution < -0.4 is 20.7 Å². The summed E-state index contributed by atoms with van der Waals surface area (Å²) in [6.07, 6.45) is -1.14. The number of methoxy groups -OCH3 is 1. The van der Waals surface area contributed by atoms with E-state index < -0.39 is 15.9 Å². The molecule has 0 unspecified atom stereocenters. The Hall–Kier alpha value is -1.15. The quantitative estimate of drug-likeness (QED) is 0.290. The molecule has 5 nitrogen and oxygen atoms in total. The molecule has 0 saturated carbocycles. The normalized spacial score (nSPS) is 12.1. The minimum absolute atomic E-state index is 0.129. The van der Waals surface area contributed by atoms with Crippen LogP contribution in [0.5, 0.6) is 5.75 Å². The Morgan fingerprint density at radius 3 is 2.25 bits per heavy atom. The van der Waals surface area contributed by atoms with Crippen LogP contribution in [0.25, 0.3) is 0 Å². The molecule has 0 aliphatic carbocycles. The summed E-state index contributed by atoms with van der Waals surface area (Å²) in [5.74, 6) is 0.119. The molecular formula is C17H14Cl5N3O2S. The van der Waals surface area contributed by atoms with Gasteiger partial charge in [-0.1, -0.05) is 58.0 Å². The summed E-state index contributed by atoms with van der Waals surface area (Å²) in [6, 6.07) is 11.4. The Bertz CT molecular complexity index is 859. The number of ether oxygens (including phenoxy) is 1. The molecule has 2 aromatic rings. The Labute approximate surface area is 192 Å². The third-order valence-corrected chi connectivity index (χ3v) is 4.82. The first kappa shape index (κ1) is 23.1. The highest BCUT2D eigenvalue weighted by Gasteiger charge is 2.35. The number of carbonyl (C=O) groups excluding carboxylic acids is 1. The van der Waals surface area contributed by atoms with Gasteiger partial charge in [0.2, 0.25) is 3.79 Å². The summed E-state index contributed by atoms with van der Waals surface area (Å²) in [6.45, 7) is 0. The number of nitrogens with one attached hydrogen (secondary N) is 3. The summed E-state index contributed by atoms with van der Waals surface area (Å²) < 4.78 is 3.19. The van der Waals surface area contributed by atoms with Crippen LogP contribution in [0.1, 0.15) is 10.4 Å². The number of carbonyl (C=O) groups is 1. The number of amides is 1. The molecule has 28 heavy (non-hydrogen) atoms. The molecule has 0 saturated heterocycles. The zero-order valence-corrected chi connectivity index (χ0v) is 18.8. The van der Waals surface area contributed by atoms with Crippen LogP contribution in [0, 0.1) is 0 Å². The number of hydrogen-bond donors (Lipinski definition) is 3. The molecule has 11 heteroatoms. The van der Waals surface area contributed by atoms with Gasteiger partial charge in [-0.25, -0.2) is 0 Å². The number of halogens is 5. The average molecular weight is 502 g/mol. The highest BCUT2D eigenvalue weighted by molar-refractivity contribution is 7.80. The topological polar surface area (TPSA) is 62.4 Å². The maximum Gasteiger partial charge on any atom is 0.254 e. The van der Waals surface area contributed by atoms with Crippen LogP contribution in [0.15, 0.2) is 42.5 Å². The molecule has 0 bridgehead atoms. The first-order valence-corrected chi connectivity index (χ1v) is 9.94. The lowest BCUT2D eigenvalue weighted by Crippen LogP contribution is -2.56. The van der Waals surface area contributed by atoms with Gasteiger partial charge < -0.3 is 20.7 Å². The van der Waals surface area contributed by atoms with Gasteiger partial charge in [0, 0.05) is 10.7 Å². The molecule has 0 spiro atoms. The molecular weight excluding hydrogens is 488 g/mol. The first-order chi connectivity index (χ1) is 13.1. The van der Waals surface area contributed by atoms with Crippen molar-refractivity contribution in [3.8, 4) is 5.75 Å². The number of alkyl halides is 3. The highest BCUT2D eigenvalue weighted by Crippen LogP contribution is 2.30. The molecule has 0 heterocycles. The van der Waals surface area contributed by atoms with E-state index in [1.54, 1.807) is 31.4 Å². The van der Waals surface area contributed by atoms with Crippen molar-refractivity contribution in [3.05, 3.63) is 58.1 Å². The molecule has 150 valence electrons. The number of benzene rings is 2. The molecule has 2 rings (SSSR count). The summed E-state index contributed by atoms with van der Waals surface area (Å²) in [5, 5.41) is 8.91. The Morgan fingerprint density at radius 2 is 1.71 bits per heavy atom.